The number of aliphatic hydroxyl groups is 6. The standard InChI is InChI=1S/2C6H12O3.C2H3N.3NO3.Pr/c2*7-4-1-5(8)3-6(9)2-4;1-2-3;3*2-1(3)4;/h2*4-9H,1-3H2;1H3;;;;/q;;;3*-1;+3. The van der Waals surface area contributed by atoms with E-state index in [9.17, 15) is 0 Å². The van der Waals surface area contributed by atoms with E-state index in [1.165, 1.54) is 6.92 Å². The Morgan fingerprint density at radius 2 is 0.618 bits per heavy atom. The first kappa shape index (κ1) is 42.4. The topological polar surface area (TPSA) is 344 Å². The zero-order valence-electron chi connectivity index (χ0n) is 17.9. The predicted octanol–water partition coefficient (Wildman–Crippen LogP) is -1.68. The van der Waals surface area contributed by atoms with Gasteiger partial charge in [-0.2, -0.15) is 5.26 Å². The molecular formula is C14H27N4O15Pr. The minimum Gasteiger partial charge on any atom is -0.393 e. The molecule has 0 amide bonds. The molecule has 20 heteroatoms. The summed E-state index contributed by atoms with van der Waals surface area (Å²) in [5, 5.41) is 105. The van der Waals surface area contributed by atoms with Crippen LogP contribution in [0.1, 0.15) is 45.4 Å². The van der Waals surface area contributed by atoms with E-state index in [0.717, 1.165) is 0 Å². The van der Waals surface area contributed by atoms with Crippen LogP contribution < -0.4 is 0 Å². The average molecular weight is 632 g/mol. The van der Waals surface area contributed by atoms with Crippen molar-refractivity contribution in [3.05, 3.63) is 46.0 Å². The Morgan fingerprint density at radius 1 is 0.559 bits per heavy atom. The van der Waals surface area contributed by atoms with E-state index >= 15 is 0 Å². The van der Waals surface area contributed by atoms with E-state index in [0.29, 0.717) is 38.5 Å². The van der Waals surface area contributed by atoms with Gasteiger partial charge in [-0.15, -0.1) is 0 Å². The van der Waals surface area contributed by atoms with E-state index in [2.05, 4.69) is 0 Å². The second-order valence-corrected chi connectivity index (χ2v) is 6.23. The molecule has 0 aliphatic heterocycles. The molecule has 0 aromatic carbocycles. The molecule has 196 valence electrons. The second kappa shape index (κ2) is 27.5. The molecule has 6 N–H and O–H groups in total. The maximum absolute atomic E-state index is 8.93. The van der Waals surface area contributed by atoms with Crippen LogP contribution in [0, 0.1) is 98.6 Å². The fourth-order valence-electron chi connectivity index (χ4n) is 2.46. The maximum Gasteiger partial charge on any atom is 3.00 e. The van der Waals surface area contributed by atoms with Crippen molar-refractivity contribution in [3.63, 3.8) is 0 Å². The molecule has 0 bridgehead atoms. The van der Waals surface area contributed by atoms with E-state index < -0.39 is 51.9 Å². The molecule has 0 aromatic heterocycles. The van der Waals surface area contributed by atoms with Crippen LogP contribution in [-0.4, -0.2) is 82.5 Å². The number of hydrogen-bond donors (Lipinski definition) is 6. The Bertz CT molecular complexity index is 453. The number of aliphatic hydroxyl groups excluding tert-OH is 6. The van der Waals surface area contributed by atoms with Gasteiger partial charge in [0, 0.05) is 6.92 Å². The van der Waals surface area contributed by atoms with Crippen LogP contribution in [0.15, 0.2) is 0 Å². The number of nitriles is 1. The van der Waals surface area contributed by atoms with Crippen molar-refractivity contribution >= 4 is 0 Å². The Hall–Kier alpha value is -1.79. The molecule has 2 aliphatic rings. The van der Waals surface area contributed by atoms with Crippen molar-refractivity contribution in [1.82, 2.24) is 0 Å². The Balaban J connectivity index is -0.000000105. The minimum absolute atomic E-state index is 0. The molecule has 0 unspecified atom stereocenters. The van der Waals surface area contributed by atoms with Crippen molar-refractivity contribution in [2.45, 2.75) is 82.1 Å². The third-order valence-corrected chi connectivity index (χ3v) is 3.26. The van der Waals surface area contributed by atoms with Crippen LogP contribution in [0.3, 0.4) is 0 Å². The first-order chi connectivity index (χ1) is 15.0. The molecule has 0 aromatic rings. The molecule has 2 fully saturated rings. The van der Waals surface area contributed by atoms with E-state index in [-0.39, 0.29) is 41.3 Å². The minimum atomic E-state index is -1.75. The number of hydrogen-bond acceptors (Lipinski definition) is 16. The average Bonchev–Trinajstić information content (AvgIpc) is 2.51. The Labute approximate surface area is 225 Å². The van der Waals surface area contributed by atoms with Crippen LogP contribution in [-0.2, 0) is 0 Å². The van der Waals surface area contributed by atoms with Gasteiger partial charge in [-0.3, -0.25) is 0 Å². The molecular weight excluding hydrogens is 605 g/mol. The van der Waals surface area contributed by atoms with Gasteiger partial charge in [0.15, 0.2) is 0 Å². The van der Waals surface area contributed by atoms with Crippen molar-refractivity contribution in [2.24, 2.45) is 0 Å². The summed E-state index contributed by atoms with van der Waals surface area (Å²) < 4.78 is 0. The first-order valence-electron chi connectivity index (χ1n) is 8.81. The van der Waals surface area contributed by atoms with Gasteiger partial charge in [0.2, 0.25) is 0 Å². The zero-order chi connectivity index (χ0) is 27.1. The molecule has 2 aliphatic carbocycles. The summed E-state index contributed by atoms with van der Waals surface area (Å²) in [6.45, 7) is 1.43. The summed E-state index contributed by atoms with van der Waals surface area (Å²) >= 11 is 0. The third-order valence-electron chi connectivity index (χ3n) is 3.26. The maximum atomic E-state index is 8.93. The SMILES string of the molecule is CC#N.O=[N+]([O-])[O-].O=[N+]([O-])[O-].O=[N+]([O-])[O-].OC1CC(O)CC(O)C1.OC1CC(O)CC(O)C1.[Pr+3]. The largest absolute Gasteiger partial charge is 3.00 e. The van der Waals surface area contributed by atoms with Crippen molar-refractivity contribution < 1.29 is 87.2 Å². The summed E-state index contributed by atoms with van der Waals surface area (Å²) in [6.07, 6.45) is -0.580. The van der Waals surface area contributed by atoms with Crippen molar-refractivity contribution in [3.8, 4) is 6.07 Å². The van der Waals surface area contributed by atoms with Crippen molar-refractivity contribution in [1.29, 1.82) is 5.26 Å². The third kappa shape index (κ3) is 52.3. The smallest absolute Gasteiger partial charge is 0.393 e. The van der Waals surface area contributed by atoms with Crippen LogP contribution in [0.2, 0.25) is 0 Å². The molecule has 34 heavy (non-hydrogen) atoms. The summed E-state index contributed by atoms with van der Waals surface area (Å²) in [7, 11) is 0. The van der Waals surface area contributed by atoms with Gasteiger partial charge in [-0.25, -0.2) is 0 Å². The molecule has 19 nitrogen and oxygen atoms in total. The van der Waals surface area contributed by atoms with E-state index in [1.54, 1.807) is 6.07 Å². The van der Waals surface area contributed by atoms with Gasteiger partial charge in [-0.1, -0.05) is 0 Å². The molecule has 0 heterocycles. The number of nitrogens with zero attached hydrogens (tertiary/aromatic N) is 4. The van der Waals surface area contributed by atoms with Gasteiger partial charge in [-0.05, 0) is 38.5 Å². The van der Waals surface area contributed by atoms with Crippen LogP contribution >= 0.6 is 0 Å². The van der Waals surface area contributed by atoms with Gasteiger partial charge in [0.05, 0.1) is 58.0 Å². The number of rotatable bonds is 0. The molecule has 0 atom stereocenters. The molecule has 2 saturated carbocycles. The first-order valence-corrected chi connectivity index (χ1v) is 8.81. The van der Waals surface area contributed by atoms with Crippen LogP contribution in [0.5, 0.6) is 0 Å². The fraction of sp³-hybridized carbons (Fsp3) is 0.929. The van der Waals surface area contributed by atoms with Gasteiger partial charge in [0.1, 0.15) is 0 Å². The fourth-order valence-corrected chi connectivity index (χ4v) is 2.46. The van der Waals surface area contributed by atoms with Crippen molar-refractivity contribution in [2.75, 3.05) is 0 Å². The van der Waals surface area contributed by atoms with Gasteiger partial charge < -0.3 is 76.6 Å². The van der Waals surface area contributed by atoms with Crippen LogP contribution in [0.4, 0.5) is 0 Å². The monoisotopic (exact) mass is 632 g/mol. The normalized spacial score (nSPS) is 26.2. The zero-order valence-corrected chi connectivity index (χ0v) is 21.6. The van der Waals surface area contributed by atoms with Gasteiger partial charge >= 0.3 is 41.3 Å². The molecule has 0 saturated heterocycles. The molecule has 2 rings (SSSR count). The second-order valence-electron chi connectivity index (χ2n) is 6.23. The Kier molecular flexibility index (Phi) is 34.2. The van der Waals surface area contributed by atoms with E-state index in [4.69, 9.17) is 81.9 Å². The quantitative estimate of drug-likeness (QED) is 0.128. The summed E-state index contributed by atoms with van der Waals surface area (Å²) in [5.74, 6) is 0. The Morgan fingerprint density at radius 3 is 0.676 bits per heavy atom. The summed E-state index contributed by atoms with van der Waals surface area (Å²) in [5.41, 5.74) is 0. The predicted molar refractivity (Wildman–Crippen MR) is 106 cm³/mol. The van der Waals surface area contributed by atoms with Gasteiger partial charge in [0.25, 0.3) is 0 Å². The van der Waals surface area contributed by atoms with Crippen LogP contribution in [0.25, 0.3) is 0 Å². The van der Waals surface area contributed by atoms with E-state index in [1.807, 2.05) is 0 Å². The molecule has 0 spiro atoms. The summed E-state index contributed by atoms with van der Waals surface area (Å²) in [4.78, 5) is 24.8. The summed E-state index contributed by atoms with van der Waals surface area (Å²) in [6, 6.07) is 1.75. The molecule has 0 radical (unpaired) electrons.